The molecule has 2 nitrogen and oxygen atoms in total. The van der Waals surface area contributed by atoms with Crippen LogP contribution in [0.3, 0.4) is 0 Å². The van der Waals surface area contributed by atoms with Crippen molar-refractivity contribution in [2.75, 3.05) is 0 Å². The Kier molecular flexibility index (Phi) is 2.53. The van der Waals surface area contributed by atoms with E-state index in [4.69, 9.17) is 4.42 Å². The lowest BCUT2D eigenvalue weighted by Gasteiger charge is -2.11. The molecule has 0 atom stereocenters. The van der Waals surface area contributed by atoms with Crippen LogP contribution >= 0.6 is 0 Å². The zero-order valence-electron chi connectivity index (χ0n) is 10.7. The lowest BCUT2D eigenvalue weighted by atomic mass is 9.97. The number of oxazole rings is 1. The van der Waals surface area contributed by atoms with E-state index in [9.17, 15) is 0 Å². The summed E-state index contributed by atoms with van der Waals surface area (Å²) in [5, 5.41) is 0. The van der Waals surface area contributed by atoms with Crippen LogP contribution in [-0.2, 0) is 5.41 Å². The van der Waals surface area contributed by atoms with Crippen molar-refractivity contribution < 1.29 is 4.42 Å². The first-order valence-corrected chi connectivity index (χ1v) is 5.79. The van der Waals surface area contributed by atoms with Crippen molar-refractivity contribution in [2.45, 2.75) is 46.0 Å². The van der Waals surface area contributed by atoms with E-state index < -0.39 is 0 Å². The van der Waals surface area contributed by atoms with Crippen LogP contribution < -0.4 is 0 Å². The highest BCUT2D eigenvalue weighted by molar-refractivity contribution is 5.73. The van der Waals surface area contributed by atoms with Crippen LogP contribution in [0.15, 0.2) is 22.6 Å². The molecule has 0 aliphatic heterocycles. The maximum Gasteiger partial charge on any atom is 0.200 e. The summed E-state index contributed by atoms with van der Waals surface area (Å²) in [5.74, 6) is 1.33. The van der Waals surface area contributed by atoms with Crippen LogP contribution in [0, 0.1) is 0 Å². The van der Waals surface area contributed by atoms with E-state index in [1.54, 1.807) is 0 Å². The summed E-state index contributed by atoms with van der Waals surface area (Å²) in [7, 11) is 0. The Morgan fingerprint density at radius 1 is 1.19 bits per heavy atom. The molecule has 1 heterocycles. The van der Waals surface area contributed by atoms with Gasteiger partial charge in [0.05, 0.1) is 0 Å². The Bertz CT molecular complexity index is 503. The Labute approximate surface area is 96.7 Å². The molecule has 0 fully saturated rings. The summed E-state index contributed by atoms with van der Waals surface area (Å²) >= 11 is 0. The van der Waals surface area contributed by atoms with Gasteiger partial charge in [0, 0.05) is 5.41 Å². The molecule has 2 heteroatoms. The van der Waals surface area contributed by atoms with Crippen molar-refractivity contribution in [3.8, 4) is 0 Å². The molecule has 0 spiro atoms. The van der Waals surface area contributed by atoms with Crippen molar-refractivity contribution in [3.05, 3.63) is 29.7 Å². The fraction of sp³-hybridized carbons (Fsp3) is 0.500. The third kappa shape index (κ3) is 1.97. The molecule has 0 bridgehead atoms. The van der Waals surface area contributed by atoms with Crippen molar-refractivity contribution in [1.82, 2.24) is 4.98 Å². The molecule has 0 aliphatic rings. The lowest BCUT2D eigenvalue weighted by Crippen LogP contribution is -2.10. The molecule has 0 saturated heterocycles. The summed E-state index contributed by atoms with van der Waals surface area (Å²) in [6.07, 6.45) is 0. The highest BCUT2D eigenvalue weighted by Gasteiger charge is 2.20. The largest absolute Gasteiger partial charge is 0.440 e. The van der Waals surface area contributed by atoms with Gasteiger partial charge in [0.25, 0.3) is 0 Å². The van der Waals surface area contributed by atoms with E-state index in [1.165, 1.54) is 5.56 Å². The first-order chi connectivity index (χ1) is 7.38. The third-order valence-electron chi connectivity index (χ3n) is 2.72. The maximum absolute atomic E-state index is 5.81. The van der Waals surface area contributed by atoms with Gasteiger partial charge in [0.15, 0.2) is 5.58 Å². The summed E-state index contributed by atoms with van der Waals surface area (Å²) in [6, 6.07) is 6.27. The lowest BCUT2D eigenvalue weighted by molar-refractivity contribution is 0.410. The number of aromatic nitrogens is 1. The topological polar surface area (TPSA) is 26.0 Å². The van der Waals surface area contributed by atoms with Crippen molar-refractivity contribution in [1.29, 1.82) is 0 Å². The Balaban J connectivity index is 2.54. The number of hydrogen-bond donors (Lipinski definition) is 0. The maximum atomic E-state index is 5.81. The van der Waals surface area contributed by atoms with Gasteiger partial charge in [-0.2, -0.15) is 0 Å². The standard InChI is InChI=1S/C14H19NO/c1-9(2)10-6-7-11-12(8-10)16-13(15-11)14(3,4)5/h6-9H,1-5H3. The average molecular weight is 217 g/mol. The van der Waals surface area contributed by atoms with E-state index >= 15 is 0 Å². The van der Waals surface area contributed by atoms with Gasteiger partial charge in [-0.1, -0.05) is 40.7 Å². The Hall–Kier alpha value is -1.31. The van der Waals surface area contributed by atoms with Gasteiger partial charge in [-0.05, 0) is 23.6 Å². The quantitative estimate of drug-likeness (QED) is 0.713. The molecular weight excluding hydrogens is 198 g/mol. The molecule has 16 heavy (non-hydrogen) atoms. The summed E-state index contributed by atoms with van der Waals surface area (Å²) < 4.78 is 5.81. The summed E-state index contributed by atoms with van der Waals surface area (Å²) in [5.41, 5.74) is 3.12. The Morgan fingerprint density at radius 2 is 1.88 bits per heavy atom. The smallest absolute Gasteiger partial charge is 0.200 e. The van der Waals surface area contributed by atoms with Gasteiger partial charge in [-0.25, -0.2) is 4.98 Å². The van der Waals surface area contributed by atoms with E-state index in [2.05, 4.69) is 51.7 Å². The van der Waals surface area contributed by atoms with Crippen LogP contribution in [0.25, 0.3) is 11.1 Å². The minimum absolute atomic E-state index is 0.0307. The van der Waals surface area contributed by atoms with Crippen LogP contribution in [-0.4, -0.2) is 4.98 Å². The van der Waals surface area contributed by atoms with Crippen LogP contribution in [0.5, 0.6) is 0 Å². The number of rotatable bonds is 1. The fourth-order valence-electron chi connectivity index (χ4n) is 1.62. The van der Waals surface area contributed by atoms with Crippen molar-refractivity contribution in [3.63, 3.8) is 0 Å². The second-order valence-electron chi connectivity index (χ2n) is 5.65. The zero-order chi connectivity index (χ0) is 11.9. The summed E-state index contributed by atoms with van der Waals surface area (Å²) in [4.78, 5) is 4.52. The van der Waals surface area contributed by atoms with Crippen LogP contribution in [0.1, 0.15) is 52.0 Å². The second kappa shape index (κ2) is 3.62. The second-order valence-corrected chi connectivity index (χ2v) is 5.65. The predicted molar refractivity (Wildman–Crippen MR) is 66.8 cm³/mol. The number of nitrogens with zero attached hydrogens (tertiary/aromatic N) is 1. The summed E-state index contributed by atoms with van der Waals surface area (Å²) in [6.45, 7) is 10.7. The molecule has 1 aromatic heterocycles. The highest BCUT2D eigenvalue weighted by atomic mass is 16.3. The average Bonchev–Trinajstić information content (AvgIpc) is 2.58. The minimum Gasteiger partial charge on any atom is -0.440 e. The fourth-order valence-corrected chi connectivity index (χ4v) is 1.62. The molecule has 0 radical (unpaired) electrons. The van der Waals surface area contributed by atoms with Gasteiger partial charge in [-0.3, -0.25) is 0 Å². The third-order valence-corrected chi connectivity index (χ3v) is 2.72. The van der Waals surface area contributed by atoms with Gasteiger partial charge in [0.2, 0.25) is 5.89 Å². The molecule has 0 saturated carbocycles. The van der Waals surface area contributed by atoms with Gasteiger partial charge in [0.1, 0.15) is 5.52 Å². The van der Waals surface area contributed by atoms with Gasteiger partial charge < -0.3 is 4.42 Å². The first-order valence-electron chi connectivity index (χ1n) is 5.79. The number of fused-ring (bicyclic) bond motifs is 1. The molecule has 2 aromatic rings. The molecule has 86 valence electrons. The highest BCUT2D eigenvalue weighted by Crippen LogP contribution is 2.27. The number of hydrogen-bond acceptors (Lipinski definition) is 2. The molecule has 0 N–H and O–H groups in total. The SMILES string of the molecule is CC(C)c1ccc2nc(C(C)(C)C)oc2c1. The van der Waals surface area contributed by atoms with Gasteiger partial charge in [-0.15, -0.1) is 0 Å². The molecular formula is C14H19NO. The Morgan fingerprint density at radius 3 is 2.44 bits per heavy atom. The van der Waals surface area contributed by atoms with Crippen molar-refractivity contribution in [2.24, 2.45) is 0 Å². The first kappa shape index (κ1) is 11.2. The minimum atomic E-state index is -0.0307. The molecule has 0 amide bonds. The van der Waals surface area contributed by atoms with Crippen LogP contribution in [0.4, 0.5) is 0 Å². The van der Waals surface area contributed by atoms with Gasteiger partial charge >= 0.3 is 0 Å². The predicted octanol–water partition coefficient (Wildman–Crippen LogP) is 4.25. The number of benzene rings is 1. The molecule has 0 unspecified atom stereocenters. The van der Waals surface area contributed by atoms with E-state index in [-0.39, 0.29) is 5.41 Å². The monoisotopic (exact) mass is 217 g/mol. The molecule has 1 aromatic carbocycles. The molecule has 0 aliphatic carbocycles. The van der Waals surface area contributed by atoms with E-state index in [0.29, 0.717) is 5.92 Å². The van der Waals surface area contributed by atoms with E-state index in [1.807, 2.05) is 6.07 Å². The molecule has 2 rings (SSSR count). The normalized spacial score (nSPS) is 12.6. The van der Waals surface area contributed by atoms with Crippen molar-refractivity contribution >= 4 is 11.1 Å². The van der Waals surface area contributed by atoms with Crippen LogP contribution in [0.2, 0.25) is 0 Å². The zero-order valence-corrected chi connectivity index (χ0v) is 10.7. The van der Waals surface area contributed by atoms with E-state index in [0.717, 1.165) is 17.0 Å².